The fraction of sp³-hybridized carbons (Fsp3) is 0.423. The van der Waals surface area contributed by atoms with Gasteiger partial charge in [-0.2, -0.15) is 0 Å². The quantitative estimate of drug-likeness (QED) is 0.553. The summed E-state index contributed by atoms with van der Waals surface area (Å²) in [7, 11) is 0. The minimum absolute atomic E-state index is 0.0530. The largest absolute Gasteiger partial charge is 0.344 e. The molecule has 0 spiro atoms. The maximum Gasteiger partial charge on any atom is 0.319 e. The normalized spacial score (nSPS) is 16.6. The molecule has 7 nitrogen and oxygen atoms in total. The van der Waals surface area contributed by atoms with E-state index < -0.39 is 17.9 Å². The number of benzene rings is 2. The second kappa shape index (κ2) is 12.2. The van der Waals surface area contributed by atoms with Gasteiger partial charge in [0.15, 0.2) is 0 Å². The highest BCUT2D eigenvalue weighted by Crippen LogP contribution is 2.19. The number of likely N-dealkylation sites (tertiary alicyclic amines) is 1. The van der Waals surface area contributed by atoms with E-state index in [4.69, 9.17) is 0 Å². The van der Waals surface area contributed by atoms with Crippen molar-refractivity contribution in [3.05, 3.63) is 66.0 Å². The van der Waals surface area contributed by atoms with Gasteiger partial charge in [0, 0.05) is 25.3 Å². The van der Waals surface area contributed by atoms with E-state index in [1.165, 1.54) is 18.2 Å². The van der Waals surface area contributed by atoms with Crippen LogP contribution in [0.1, 0.15) is 32.3 Å². The molecule has 0 radical (unpaired) electrons. The molecule has 0 aromatic heterocycles. The molecule has 2 aromatic rings. The van der Waals surface area contributed by atoms with E-state index >= 15 is 0 Å². The smallest absolute Gasteiger partial charge is 0.319 e. The standard InChI is InChI=1S/C26H33FN4O3/c1-18(2)24(30-23(32)14-19-8-4-3-5-9-19)25(33)31-13-7-10-20(17-31)16-28-26(34)29-22-12-6-11-21(27)15-22/h3-6,8-9,11-12,15,18,20,24H,7,10,13-14,16-17H2,1-2H3,(H,30,32)(H2,28,29,34)/t20-,24-/m1/s1. The van der Waals surface area contributed by atoms with Crippen LogP contribution in [0, 0.1) is 17.7 Å². The van der Waals surface area contributed by atoms with Crippen molar-refractivity contribution in [3.8, 4) is 0 Å². The Morgan fingerprint density at radius 2 is 1.85 bits per heavy atom. The van der Waals surface area contributed by atoms with Gasteiger partial charge in [-0.25, -0.2) is 9.18 Å². The zero-order valence-electron chi connectivity index (χ0n) is 19.7. The molecule has 0 aliphatic carbocycles. The average Bonchev–Trinajstić information content (AvgIpc) is 2.81. The Labute approximate surface area is 200 Å². The first kappa shape index (κ1) is 25.2. The Morgan fingerprint density at radius 1 is 1.09 bits per heavy atom. The molecule has 1 heterocycles. The lowest BCUT2D eigenvalue weighted by molar-refractivity contribution is -0.139. The highest BCUT2D eigenvalue weighted by molar-refractivity contribution is 5.89. The fourth-order valence-corrected chi connectivity index (χ4v) is 4.13. The van der Waals surface area contributed by atoms with Gasteiger partial charge in [-0.3, -0.25) is 9.59 Å². The summed E-state index contributed by atoms with van der Waals surface area (Å²) < 4.78 is 13.3. The van der Waals surface area contributed by atoms with Gasteiger partial charge in [-0.1, -0.05) is 50.2 Å². The number of halogens is 1. The average molecular weight is 469 g/mol. The highest BCUT2D eigenvalue weighted by Gasteiger charge is 2.31. The van der Waals surface area contributed by atoms with Crippen LogP contribution >= 0.6 is 0 Å². The summed E-state index contributed by atoms with van der Waals surface area (Å²) in [5.74, 6) is -0.644. The molecule has 8 heteroatoms. The molecule has 1 saturated heterocycles. The van der Waals surface area contributed by atoms with Crippen LogP contribution in [0.15, 0.2) is 54.6 Å². The maximum absolute atomic E-state index is 13.3. The van der Waals surface area contributed by atoms with Crippen LogP contribution in [-0.4, -0.2) is 48.4 Å². The summed E-state index contributed by atoms with van der Waals surface area (Å²) in [5, 5.41) is 8.34. The second-order valence-corrected chi connectivity index (χ2v) is 9.09. The Kier molecular flexibility index (Phi) is 9.01. The number of rotatable bonds is 8. The highest BCUT2D eigenvalue weighted by atomic mass is 19.1. The molecule has 182 valence electrons. The van der Waals surface area contributed by atoms with Crippen molar-refractivity contribution in [2.45, 2.75) is 39.2 Å². The van der Waals surface area contributed by atoms with E-state index in [0.717, 1.165) is 18.4 Å². The van der Waals surface area contributed by atoms with Gasteiger partial charge in [-0.05, 0) is 48.4 Å². The monoisotopic (exact) mass is 468 g/mol. The van der Waals surface area contributed by atoms with Crippen molar-refractivity contribution < 1.29 is 18.8 Å². The topological polar surface area (TPSA) is 90.5 Å². The number of amides is 4. The van der Waals surface area contributed by atoms with Crippen molar-refractivity contribution in [3.63, 3.8) is 0 Å². The molecule has 4 amide bonds. The molecule has 0 unspecified atom stereocenters. The Balaban J connectivity index is 1.51. The van der Waals surface area contributed by atoms with Crippen LogP contribution in [0.5, 0.6) is 0 Å². The van der Waals surface area contributed by atoms with Crippen LogP contribution in [0.3, 0.4) is 0 Å². The van der Waals surface area contributed by atoms with Gasteiger partial charge in [0.05, 0.1) is 6.42 Å². The second-order valence-electron chi connectivity index (χ2n) is 9.09. The first-order valence-electron chi connectivity index (χ1n) is 11.7. The van der Waals surface area contributed by atoms with Crippen LogP contribution < -0.4 is 16.0 Å². The van der Waals surface area contributed by atoms with Crippen LogP contribution in [0.25, 0.3) is 0 Å². The number of carbonyl (C=O) groups is 3. The number of hydrogen-bond donors (Lipinski definition) is 3. The van der Waals surface area contributed by atoms with Gasteiger partial charge in [-0.15, -0.1) is 0 Å². The molecule has 2 atom stereocenters. The Bertz CT molecular complexity index is 983. The number of piperidine rings is 1. The summed E-state index contributed by atoms with van der Waals surface area (Å²) in [4.78, 5) is 39.8. The lowest BCUT2D eigenvalue weighted by Crippen LogP contribution is -2.54. The number of hydrogen-bond acceptors (Lipinski definition) is 3. The minimum atomic E-state index is -0.598. The lowest BCUT2D eigenvalue weighted by Gasteiger charge is -2.36. The van der Waals surface area contributed by atoms with Gasteiger partial charge in [0.1, 0.15) is 11.9 Å². The van der Waals surface area contributed by atoms with Gasteiger partial charge in [0.25, 0.3) is 0 Å². The van der Waals surface area contributed by atoms with E-state index in [9.17, 15) is 18.8 Å². The Morgan fingerprint density at radius 3 is 2.56 bits per heavy atom. The van der Waals surface area contributed by atoms with Gasteiger partial charge >= 0.3 is 6.03 Å². The van der Waals surface area contributed by atoms with Crippen LogP contribution in [0.4, 0.5) is 14.9 Å². The SMILES string of the molecule is CC(C)[C@@H](NC(=O)Cc1ccccc1)C(=O)N1CCC[C@H](CNC(=O)Nc2cccc(F)c2)C1. The van der Waals surface area contributed by atoms with E-state index in [1.54, 1.807) is 11.0 Å². The third kappa shape index (κ3) is 7.57. The van der Waals surface area contributed by atoms with Crippen LogP contribution in [0.2, 0.25) is 0 Å². The maximum atomic E-state index is 13.3. The molecular weight excluding hydrogens is 435 g/mol. The number of nitrogens with one attached hydrogen (secondary N) is 3. The van der Waals surface area contributed by atoms with Crippen molar-refractivity contribution in [1.29, 1.82) is 0 Å². The summed E-state index contributed by atoms with van der Waals surface area (Å²) in [6.07, 6.45) is 1.94. The third-order valence-electron chi connectivity index (χ3n) is 5.92. The number of nitrogens with zero attached hydrogens (tertiary/aromatic N) is 1. The summed E-state index contributed by atoms with van der Waals surface area (Å²) in [5.41, 5.74) is 1.28. The molecule has 1 aliphatic rings. The summed E-state index contributed by atoms with van der Waals surface area (Å²) in [6.45, 7) is 5.38. The molecular formula is C26H33FN4O3. The molecule has 34 heavy (non-hydrogen) atoms. The molecule has 3 rings (SSSR count). The summed E-state index contributed by atoms with van der Waals surface area (Å²) >= 11 is 0. The number of urea groups is 1. The molecule has 1 aliphatic heterocycles. The van der Waals surface area contributed by atoms with Crippen molar-refractivity contribution >= 4 is 23.5 Å². The fourth-order valence-electron chi connectivity index (χ4n) is 4.13. The van der Waals surface area contributed by atoms with Crippen LogP contribution in [-0.2, 0) is 16.0 Å². The molecule has 0 saturated carbocycles. The van der Waals surface area contributed by atoms with Crippen molar-refractivity contribution in [2.24, 2.45) is 11.8 Å². The van der Waals surface area contributed by atoms with E-state index in [2.05, 4.69) is 16.0 Å². The third-order valence-corrected chi connectivity index (χ3v) is 5.92. The molecule has 3 N–H and O–H groups in total. The van der Waals surface area contributed by atoms with Crippen molar-refractivity contribution in [1.82, 2.24) is 15.5 Å². The zero-order chi connectivity index (χ0) is 24.5. The Hall–Kier alpha value is -3.42. The van der Waals surface area contributed by atoms with E-state index in [1.807, 2.05) is 44.2 Å². The van der Waals surface area contributed by atoms with E-state index in [-0.39, 0.29) is 30.1 Å². The van der Waals surface area contributed by atoms with E-state index in [0.29, 0.717) is 25.3 Å². The lowest BCUT2D eigenvalue weighted by atomic mass is 9.95. The molecule has 0 bridgehead atoms. The molecule has 1 fully saturated rings. The summed E-state index contributed by atoms with van der Waals surface area (Å²) in [6, 6.07) is 14.1. The zero-order valence-corrected chi connectivity index (χ0v) is 19.7. The van der Waals surface area contributed by atoms with Gasteiger partial charge in [0.2, 0.25) is 11.8 Å². The minimum Gasteiger partial charge on any atom is -0.344 e. The first-order valence-corrected chi connectivity index (χ1v) is 11.7. The first-order chi connectivity index (χ1) is 16.3. The predicted molar refractivity (Wildman–Crippen MR) is 130 cm³/mol. The number of anilines is 1. The van der Waals surface area contributed by atoms with Crippen molar-refractivity contribution in [2.75, 3.05) is 25.0 Å². The predicted octanol–water partition coefficient (Wildman–Crippen LogP) is 3.57. The number of carbonyl (C=O) groups excluding carboxylic acids is 3. The van der Waals surface area contributed by atoms with Gasteiger partial charge < -0.3 is 20.9 Å². The molecule has 2 aromatic carbocycles.